The van der Waals surface area contributed by atoms with Crippen LogP contribution in [0.15, 0.2) is 20.7 Å². The van der Waals surface area contributed by atoms with Crippen LogP contribution >= 0.6 is 0 Å². The average Bonchev–Trinajstić information content (AvgIpc) is 2.31. The molecule has 0 radical (unpaired) electrons. The van der Waals surface area contributed by atoms with Crippen LogP contribution in [0.5, 0.6) is 0 Å². The highest BCUT2D eigenvalue weighted by Crippen LogP contribution is 2.38. The zero-order valence-corrected chi connectivity index (χ0v) is 7.05. The van der Waals surface area contributed by atoms with Gasteiger partial charge in [-0.1, -0.05) is 10.2 Å². The van der Waals surface area contributed by atoms with E-state index in [4.69, 9.17) is 0 Å². The largest absolute Gasteiger partial charge is 0.452 e. The van der Waals surface area contributed by atoms with Crippen molar-refractivity contribution in [3.63, 3.8) is 0 Å². The normalized spacial score (nSPS) is 19.9. The quantitative estimate of drug-likeness (QED) is 0.444. The minimum Gasteiger partial charge on any atom is -0.260 e. The van der Waals surface area contributed by atoms with Gasteiger partial charge in [-0.25, -0.2) is 0 Å². The number of rotatable bonds is 1. The average molecular weight is 171 g/mol. The van der Waals surface area contributed by atoms with E-state index >= 15 is 0 Å². The Morgan fingerprint density at radius 2 is 1.67 bits per heavy atom. The molecule has 0 amide bonds. The maximum Gasteiger partial charge on any atom is 0.452 e. The lowest BCUT2D eigenvalue weighted by molar-refractivity contribution is -0.586. The van der Waals surface area contributed by atoms with Crippen molar-refractivity contribution < 1.29 is 4.92 Å². The molecular weight excluding hydrogens is 162 g/mol. The van der Waals surface area contributed by atoms with Crippen LogP contribution in [-0.4, -0.2) is 10.7 Å². The van der Waals surface area contributed by atoms with Crippen LogP contribution in [-0.2, 0) is 0 Å². The Morgan fingerprint density at radius 1 is 1.25 bits per heavy atom. The van der Waals surface area contributed by atoms with Gasteiger partial charge in [0.15, 0.2) is 0 Å². The molecule has 0 N–H and O–H groups in total. The van der Waals surface area contributed by atoms with Crippen LogP contribution < -0.4 is 0 Å². The molecule has 0 aromatic carbocycles. The van der Waals surface area contributed by atoms with Gasteiger partial charge >= 0.3 is 5.79 Å². The molecule has 7 heteroatoms. The van der Waals surface area contributed by atoms with E-state index in [-0.39, 0.29) is 0 Å². The Hall–Kier alpha value is -1.40. The highest BCUT2D eigenvalue weighted by atomic mass is 16.6. The molecule has 0 fully saturated rings. The number of hydrogen-bond acceptors (Lipinski definition) is 6. The summed E-state index contributed by atoms with van der Waals surface area (Å²) < 4.78 is 0. The van der Waals surface area contributed by atoms with Crippen molar-refractivity contribution >= 4 is 0 Å². The standard InChI is InChI=1S/C5H9N5O2/c1-4(2,3)5(10(11)12)6-8-9-7-5/h1-3H3. The van der Waals surface area contributed by atoms with Gasteiger partial charge in [0, 0.05) is 0 Å². The molecule has 1 heterocycles. The predicted octanol–water partition coefficient (Wildman–Crippen LogP) is 1.80. The molecule has 1 aliphatic rings. The summed E-state index contributed by atoms with van der Waals surface area (Å²) in [6, 6.07) is 0. The molecular formula is C5H9N5O2. The Kier molecular flexibility index (Phi) is 1.66. The Balaban J connectivity index is 3.14. The van der Waals surface area contributed by atoms with Gasteiger partial charge in [0.2, 0.25) is 0 Å². The topological polar surface area (TPSA) is 92.6 Å². The van der Waals surface area contributed by atoms with Crippen LogP contribution in [0.1, 0.15) is 20.8 Å². The van der Waals surface area contributed by atoms with E-state index in [9.17, 15) is 10.1 Å². The minimum atomic E-state index is -1.73. The lowest BCUT2D eigenvalue weighted by Gasteiger charge is -2.23. The van der Waals surface area contributed by atoms with Crippen LogP contribution in [0.4, 0.5) is 0 Å². The number of nitro groups is 1. The van der Waals surface area contributed by atoms with E-state index < -0.39 is 16.1 Å². The summed E-state index contributed by atoms with van der Waals surface area (Å²) in [5, 5.41) is 23.9. The van der Waals surface area contributed by atoms with Crippen LogP contribution in [0.25, 0.3) is 0 Å². The fourth-order valence-electron chi connectivity index (χ4n) is 0.832. The first-order chi connectivity index (χ1) is 5.40. The van der Waals surface area contributed by atoms with Crippen LogP contribution in [0, 0.1) is 15.5 Å². The molecule has 0 spiro atoms. The fraction of sp³-hybridized carbons (Fsp3) is 1.00. The monoisotopic (exact) mass is 171 g/mol. The Morgan fingerprint density at radius 3 is 1.83 bits per heavy atom. The van der Waals surface area contributed by atoms with Crippen molar-refractivity contribution in [2.45, 2.75) is 26.6 Å². The first-order valence-electron chi connectivity index (χ1n) is 3.39. The third-order valence-electron chi connectivity index (χ3n) is 1.67. The molecule has 0 saturated carbocycles. The summed E-state index contributed by atoms with van der Waals surface area (Å²) >= 11 is 0. The van der Waals surface area contributed by atoms with Gasteiger partial charge in [-0.2, -0.15) is 0 Å². The summed E-state index contributed by atoms with van der Waals surface area (Å²) in [7, 11) is 0. The molecule has 12 heavy (non-hydrogen) atoms. The van der Waals surface area contributed by atoms with E-state index in [1.54, 1.807) is 20.8 Å². The molecule has 0 aromatic heterocycles. The highest BCUT2D eigenvalue weighted by molar-refractivity contribution is 4.86. The van der Waals surface area contributed by atoms with E-state index in [0.29, 0.717) is 0 Å². The smallest absolute Gasteiger partial charge is 0.260 e. The summed E-state index contributed by atoms with van der Waals surface area (Å²) in [5.41, 5.74) is -0.722. The first kappa shape index (κ1) is 8.69. The third kappa shape index (κ3) is 0.973. The van der Waals surface area contributed by atoms with E-state index in [1.165, 1.54) is 0 Å². The Bertz CT molecular complexity index is 252. The van der Waals surface area contributed by atoms with Gasteiger partial charge in [0.25, 0.3) is 0 Å². The van der Waals surface area contributed by atoms with Crippen molar-refractivity contribution in [1.82, 2.24) is 0 Å². The summed E-state index contributed by atoms with van der Waals surface area (Å²) in [6.07, 6.45) is 0. The maximum atomic E-state index is 10.7. The lowest BCUT2D eigenvalue weighted by atomic mass is 9.88. The number of hydrogen-bond donors (Lipinski definition) is 0. The summed E-state index contributed by atoms with van der Waals surface area (Å²) in [4.78, 5) is 10.1. The Labute approximate surface area is 68.7 Å². The van der Waals surface area contributed by atoms with Crippen molar-refractivity contribution in [3.8, 4) is 0 Å². The van der Waals surface area contributed by atoms with E-state index in [1.807, 2.05) is 0 Å². The van der Waals surface area contributed by atoms with Crippen molar-refractivity contribution in [2.75, 3.05) is 0 Å². The second-order valence-electron chi connectivity index (χ2n) is 3.52. The second-order valence-corrected chi connectivity index (χ2v) is 3.52. The summed E-state index contributed by atoms with van der Waals surface area (Å²) in [6.45, 7) is 5.00. The third-order valence-corrected chi connectivity index (χ3v) is 1.67. The van der Waals surface area contributed by atoms with Gasteiger partial charge in [-0.3, -0.25) is 10.1 Å². The van der Waals surface area contributed by atoms with Crippen LogP contribution in [0.2, 0.25) is 0 Å². The van der Waals surface area contributed by atoms with Gasteiger partial charge in [-0.05, 0) is 31.2 Å². The maximum absolute atomic E-state index is 10.7. The van der Waals surface area contributed by atoms with Gasteiger partial charge in [0.05, 0.1) is 10.3 Å². The van der Waals surface area contributed by atoms with Crippen molar-refractivity contribution in [1.29, 1.82) is 0 Å². The zero-order chi connectivity index (χ0) is 9.41. The molecule has 7 nitrogen and oxygen atoms in total. The van der Waals surface area contributed by atoms with E-state index in [2.05, 4.69) is 20.7 Å². The highest BCUT2D eigenvalue weighted by Gasteiger charge is 2.58. The molecule has 0 atom stereocenters. The summed E-state index contributed by atoms with van der Waals surface area (Å²) in [5.74, 6) is -1.73. The van der Waals surface area contributed by atoms with Gasteiger partial charge in [0.1, 0.15) is 0 Å². The molecule has 66 valence electrons. The van der Waals surface area contributed by atoms with Gasteiger partial charge in [-0.15, -0.1) is 0 Å². The molecule has 1 rings (SSSR count). The van der Waals surface area contributed by atoms with Crippen molar-refractivity contribution in [3.05, 3.63) is 10.1 Å². The molecule has 0 unspecified atom stereocenters. The van der Waals surface area contributed by atoms with Crippen molar-refractivity contribution in [2.24, 2.45) is 26.1 Å². The molecule has 0 aromatic rings. The van der Waals surface area contributed by atoms with Crippen LogP contribution in [0.3, 0.4) is 0 Å². The first-order valence-corrected chi connectivity index (χ1v) is 3.39. The molecule has 0 bridgehead atoms. The fourth-order valence-corrected chi connectivity index (χ4v) is 0.832. The predicted molar refractivity (Wildman–Crippen MR) is 38.9 cm³/mol. The zero-order valence-electron chi connectivity index (χ0n) is 7.05. The van der Waals surface area contributed by atoms with Gasteiger partial charge < -0.3 is 0 Å². The molecule has 0 saturated heterocycles. The number of nitrogens with zero attached hydrogens (tertiary/aromatic N) is 5. The minimum absolute atomic E-state index is 0.576. The van der Waals surface area contributed by atoms with E-state index in [0.717, 1.165) is 0 Å². The second kappa shape index (κ2) is 2.29. The SMILES string of the molecule is CC(C)(C)C1([N+](=O)[O-])N=NN=N1. The molecule has 1 aliphatic heterocycles. The lowest BCUT2D eigenvalue weighted by Crippen LogP contribution is -2.45. The molecule has 0 aliphatic carbocycles.